The number of nitrogens with one attached hydrogen (secondary N) is 2. The van der Waals surface area contributed by atoms with Crippen LogP contribution in [0.1, 0.15) is 35.2 Å². The second kappa shape index (κ2) is 6.99. The molecule has 1 aromatic heterocycles. The quantitative estimate of drug-likeness (QED) is 0.733. The van der Waals surface area contributed by atoms with E-state index in [1.54, 1.807) is 0 Å². The number of ether oxygens (including phenoxy) is 1. The van der Waals surface area contributed by atoms with E-state index in [0.29, 0.717) is 35.9 Å². The second-order valence-corrected chi connectivity index (χ2v) is 6.33. The largest absolute Gasteiger partial charge is 0.477 e. The van der Waals surface area contributed by atoms with Gasteiger partial charge in [-0.2, -0.15) is 4.98 Å². The van der Waals surface area contributed by atoms with Crippen LogP contribution in [0.25, 0.3) is 0 Å². The molecular formula is C18H20N6O2. The first-order valence-corrected chi connectivity index (χ1v) is 8.67. The molecule has 1 amide bonds. The number of hydrogen-bond donors (Lipinski definition) is 3. The fraction of sp³-hybridized carbons (Fsp3) is 0.333. The fourth-order valence-electron chi connectivity index (χ4n) is 2.61. The number of primary amides is 1. The third-order valence-electron chi connectivity index (χ3n) is 4.16. The molecule has 1 aromatic carbocycles. The summed E-state index contributed by atoms with van der Waals surface area (Å²) in [4.78, 5) is 24.5. The van der Waals surface area contributed by atoms with Gasteiger partial charge in [0.1, 0.15) is 5.82 Å². The zero-order valence-electron chi connectivity index (χ0n) is 14.2. The van der Waals surface area contributed by atoms with Gasteiger partial charge in [0.2, 0.25) is 11.8 Å². The SMILES string of the molecule is NC(=O)c1cnc(Nc2ccc(C3=NCCCO3)cc2)nc1NC1CC1. The van der Waals surface area contributed by atoms with Crippen LogP contribution in [0.2, 0.25) is 0 Å². The average molecular weight is 352 g/mol. The molecule has 1 aliphatic heterocycles. The lowest BCUT2D eigenvalue weighted by molar-refractivity contribution is 0.100. The smallest absolute Gasteiger partial charge is 0.254 e. The number of aliphatic imine (C=N–C) groups is 1. The van der Waals surface area contributed by atoms with Crippen molar-refractivity contribution >= 4 is 29.3 Å². The molecule has 26 heavy (non-hydrogen) atoms. The molecule has 1 saturated carbocycles. The van der Waals surface area contributed by atoms with Crippen LogP contribution >= 0.6 is 0 Å². The van der Waals surface area contributed by atoms with Crippen LogP contribution in [-0.2, 0) is 4.74 Å². The number of anilines is 3. The highest BCUT2D eigenvalue weighted by molar-refractivity contribution is 5.97. The number of nitrogens with zero attached hydrogens (tertiary/aromatic N) is 3. The van der Waals surface area contributed by atoms with Crippen molar-refractivity contribution in [3.05, 3.63) is 41.6 Å². The zero-order valence-corrected chi connectivity index (χ0v) is 14.2. The number of hydrogen-bond acceptors (Lipinski definition) is 7. The normalized spacial score (nSPS) is 16.4. The Kier molecular flexibility index (Phi) is 4.39. The third-order valence-corrected chi connectivity index (χ3v) is 4.16. The predicted molar refractivity (Wildman–Crippen MR) is 98.9 cm³/mol. The summed E-state index contributed by atoms with van der Waals surface area (Å²) in [7, 11) is 0. The van der Waals surface area contributed by atoms with Gasteiger partial charge in [-0.25, -0.2) is 4.98 Å². The van der Waals surface area contributed by atoms with Gasteiger partial charge >= 0.3 is 0 Å². The van der Waals surface area contributed by atoms with Crippen LogP contribution < -0.4 is 16.4 Å². The van der Waals surface area contributed by atoms with Crippen molar-refractivity contribution in [3.8, 4) is 0 Å². The number of carbonyl (C=O) groups is 1. The van der Waals surface area contributed by atoms with E-state index < -0.39 is 5.91 Å². The third kappa shape index (κ3) is 3.74. The molecule has 4 N–H and O–H groups in total. The van der Waals surface area contributed by atoms with Crippen molar-refractivity contribution in [2.45, 2.75) is 25.3 Å². The molecule has 2 aliphatic rings. The lowest BCUT2D eigenvalue weighted by atomic mass is 10.2. The van der Waals surface area contributed by atoms with E-state index in [9.17, 15) is 4.79 Å². The van der Waals surface area contributed by atoms with Crippen LogP contribution in [0.3, 0.4) is 0 Å². The first-order valence-electron chi connectivity index (χ1n) is 8.67. The maximum atomic E-state index is 11.5. The van der Waals surface area contributed by atoms with Crippen molar-refractivity contribution in [2.24, 2.45) is 10.7 Å². The Morgan fingerprint density at radius 2 is 2.04 bits per heavy atom. The highest BCUT2D eigenvalue weighted by Crippen LogP contribution is 2.26. The van der Waals surface area contributed by atoms with Crippen LogP contribution in [-0.4, -0.2) is 41.0 Å². The van der Waals surface area contributed by atoms with Gasteiger partial charge in [-0.15, -0.1) is 0 Å². The number of benzene rings is 1. The summed E-state index contributed by atoms with van der Waals surface area (Å²) in [5.74, 6) is 1.01. The van der Waals surface area contributed by atoms with E-state index in [4.69, 9.17) is 10.5 Å². The molecule has 8 nitrogen and oxygen atoms in total. The Balaban J connectivity index is 1.51. The van der Waals surface area contributed by atoms with Gasteiger partial charge in [-0.3, -0.25) is 9.79 Å². The lowest BCUT2D eigenvalue weighted by Crippen LogP contribution is -2.17. The van der Waals surface area contributed by atoms with Gasteiger partial charge in [0, 0.05) is 36.5 Å². The van der Waals surface area contributed by atoms with E-state index in [1.165, 1.54) is 6.20 Å². The van der Waals surface area contributed by atoms with Gasteiger partial charge in [-0.05, 0) is 37.1 Å². The minimum Gasteiger partial charge on any atom is -0.477 e. The predicted octanol–water partition coefficient (Wildman–Crippen LogP) is 2.06. The number of nitrogens with two attached hydrogens (primary N) is 1. The molecular weight excluding hydrogens is 332 g/mol. The van der Waals surface area contributed by atoms with E-state index in [0.717, 1.165) is 37.1 Å². The Morgan fingerprint density at radius 1 is 1.23 bits per heavy atom. The number of aromatic nitrogens is 2. The highest BCUT2D eigenvalue weighted by atomic mass is 16.5. The van der Waals surface area contributed by atoms with Gasteiger partial charge in [0.15, 0.2) is 0 Å². The lowest BCUT2D eigenvalue weighted by Gasteiger charge is -2.14. The van der Waals surface area contributed by atoms with Crippen LogP contribution in [0, 0.1) is 0 Å². The van der Waals surface area contributed by atoms with Gasteiger partial charge in [0.25, 0.3) is 5.91 Å². The number of amides is 1. The molecule has 0 bridgehead atoms. The van der Waals surface area contributed by atoms with Crippen LogP contribution in [0.15, 0.2) is 35.5 Å². The monoisotopic (exact) mass is 352 g/mol. The number of rotatable bonds is 6. The highest BCUT2D eigenvalue weighted by Gasteiger charge is 2.24. The Bertz CT molecular complexity index is 845. The molecule has 2 heterocycles. The molecule has 0 atom stereocenters. The standard InChI is InChI=1S/C18H20N6O2/c19-15(25)14-10-21-18(24-16(14)22-12-6-7-12)23-13-4-2-11(3-5-13)17-20-8-1-9-26-17/h2-5,10,12H,1,6-9H2,(H2,19,25)(H2,21,22,23,24). The second-order valence-electron chi connectivity index (χ2n) is 6.33. The van der Waals surface area contributed by atoms with E-state index in [1.807, 2.05) is 24.3 Å². The Morgan fingerprint density at radius 3 is 2.69 bits per heavy atom. The maximum absolute atomic E-state index is 11.5. The van der Waals surface area contributed by atoms with Gasteiger partial charge in [-0.1, -0.05) is 0 Å². The van der Waals surface area contributed by atoms with Gasteiger partial charge < -0.3 is 21.1 Å². The molecule has 1 aliphatic carbocycles. The van der Waals surface area contributed by atoms with E-state index in [2.05, 4.69) is 25.6 Å². The maximum Gasteiger partial charge on any atom is 0.254 e. The first-order chi connectivity index (χ1) is 12.7. The summed E-state index contributed by atoms with van der Waals surface area (Å²) in [6.07, 6.45) is 4.54. The summed E-state index contributed by atoms with van der Waals surface area (Å²) in [6.45, 7) is 1.50. The Hall–Kier alpha value is -3.16. The van der Waals surface area contributed by atoms with Crippen molar-refractivity contribution in [2.75, 3.05) is 23.8 Å². The molecule has 2 aromatic rings. The summed E-state index contributed by atoms with van der Waals surface area (Å²) >= 11 is 0. The van der Waals surface area contributed by atoms with Gasteiger partial charge in [0.05, 0.1) is 12.2 Å². The average Bonchev–Trinajstić information content (AvgIpc) is 3.47. The first kappa shape index (κ1) is 16.3. The van der Waals surface area contributed by atoms with Crippen molar-refractivity contribution in [1.29, 1.82) is 0 Å². The van der Waals surface area contributed by atoms with Crippen LogP contribution in [0.4, 0.5) is 17.5 Å². The summed E-state index contributed by atoms with van der Waals surface area (Å²) in [5, 5.41) is 6.36. The van der Waals surface area contributed by atoms with E-state index >= 15 is 0 Å². The number of carbonyl (C=O) groups excluding carboxylic acids is 1. The van der Waals surface area contributed by atoms with Crippen molar-refractivity contribution in [1.82, 2.24) is 9.97 Å². The molecule has 8 heteroatoms. The molecule has 1 fully saturated rings. The zero-order chi connectivity index (χ0) is 17.9. The summed E-state index contributed by atoms with van der Waals surface area (Å²) in [6, 6.07) is 8.05. The van der Waals surface area contributed by atoms with Crippen molar-refractivity contribution in [3.63, 3.8) is 0 Å². The minimum atomic E-state index is -0.544. The fourth-order valence-corrected chi connectivity index (χ4v) is 2.61. The minimum absolute atomic E-state index is 0.297. The molecule has 0 saturated heterocycles. The molecule has 0 radical (unpaired) electrons. The van der Waals surface area contributed by atoms with Crippen molar-refractivity contribution < 1.29 is 9.53 Å². The summed E-state index contributed by atoms with van der Waals surface area (Å²) in [5.41, 5.74) is 7.46. The molecule has 0 unspecified atom stereocenters. The summed E-state index contributed by atoms with van der Waals surface area (Å²) < 4.78 is 5.57. The topological polar surface area (TPSA) is 115 Å². The van der Waals surface area contributed by atoms with E-state index in [-0.39, 0.29) is 0 Å². The van der Waals surface area contributed by atoms with Crippen LogP contribution in [0.5, 0.6) is 0 Å². The molecule has 134 valence electrons. The Labute approximate surface area is 150 Å². The molecule has 0 spiro atoms. The molecule has 4 rings (SSSR count).